The van der Waals surface area contributed by atoms with Crippen LogP contribution in [0.25, 0.3) is 0 Å². The van der Waals surface area contributed by atoms with Crippen LogP contribution in [-0.4, -0.2) is 61.3 Å². The largest absolute Gasteiger partial charge is 0.378 e. The monoisotopic (exact) mass is 322 g/mol. The van der Waals surface area contributed by atoms with Crippen molar-refractivity contribution in [2.24, 2.45) is 11.8 Å². The Bertz CT molecular complexity index is 485. The highest BCUT2D eigenvalue weighted by atomic mass is 16.6. The van der Waals surface area contributed by atoms with Crippen molar-refractivity contribution in [1.82, 2.24) is 10.2 Å². The molecule has 1 spiro atoms. The summed E-state index contributed by atoms with van der Waals surface area (Å²) in [6.45, 7) is 3.50. The number of nitrogens with one attached hydrogen (secondary N) is 1. The van der Waals surface area contributed by atoms with Crippen molar-refractivity contribution in [3.63, 3.8) is 0 Å². The molecule has 0 aromatic heterocycles. The third kappa shape index (κ3) is 3.38. The fourth-order valence-corrected chi connectivity index (χ4v) is 4.07. The minimum atomic E-state index is -0.195. The predicted molar refractivity (Wildman–Crippen MR) is 82.7 cm³/mol. The second kappa shape index (κ2) is 6.06. The summed E-state index contributed by atoms with van der Waals surface area (Å²) in [6, 6.07) is 0.144. The molecule has 23 heavy (non-hydrogen) atoms. The topological polar surface area (TPSA) is 67.9 Å². The molecular formula is C17H26N2O4. The molecule has 0 aromatic rings. The molecule has 3 heterocycles. The lowest BCUT2D eigenvalue weighted by molar-refractivity contribution is -0.130. The number of carbonyl (C=O) groups is 2. The molecule has 0 unspecified atom stereocenters. The number of amides is 2. The number of nitrogens with zero attached hydrogens (tertiary/aromatic N) is 1. The Kier molecular flexibility index (Phi) is 4.05. The van der Waals surface area contributed by atoms with E-state index in [1.807, 2.05) is 4.90 Å². The molecule has 1 aliphatic carbocycles. The second-order valence-electron chi connectivity index (χ2n) is 7.68. The lowest BCUT2D eigenvalue weighted by atomic mass is 9.89. The Morgan fingerprint density at radius 1 is 1.30 bits per heavy atom. The molecule has 0 radical (unpaired) electrons. The molecule has 0 aromatic carbocycles. The average molecular weight is 322 g/mol. The zero-order valence-electron chi connectivity index (χ0n) is 13.6. The Balaban J connectivity index is 1.30. The molecule has 6 nitrogen and oxygen atoms in total. The Hall–Kier alpha value is -1.14. The highest BCUT2D eigenvalue weighted by molar-refractivity contribution is 5.89. The summed E-state index contributed by atoms with van der Waals surface area (Å²) in [5.41, 5.74) is -0.195. The van der Waals surface area contributed by atoms with Gasteiger partial charge in [0.25, 0.3) is 0 Å². The molecule has 3 saturated heterocycles. The predicted octanol–water partition coefficient (Wildman–Crippen LogP) is 0.699. The highest BCUT2D eigenvalue weighted by Crippen LogP contribution is 2.34. The van der Waals surface area contributed by atoms with Crippen LogP contribution in [0.4, 0.5) is 0 Å². The van der Waals surface area contributed by atoms with Crippen molar-refractivity contribution in [3.05, 3.63) is 0 Å². The first-order valence-electron chi connectivity index (χ1n) is 8.93. The van der Waals surface area contributed by atoms with Crippen LogP contribution < -0.4 is 5.32 Å². The van der Waals surface area contributed by atoms with Crippen LogP contribution in [0.5, 0.6) is 0 Å². The molecule has 2 amide bonds. The Morgan fingerprint density at radius 2 is 2.17 bits per heavy atom. The minimum absolute atomic E-state index is 0.0395. The normalized spacial score (nSPS) is 37.6. The van der Waals surface area contributed by atoms with Gasteiger partial charge in [-0.25, -0.2) is 0 Å². The van der Waals surface area contributed by atoms with Crippen molar-refractivity contribution in [1.29, 1.82) is 0 Å². The number of ether oxygens (including phenoxy) is 2. The van der Waals surface area contributed by atoms with Gasteiger partial charge in [-0.15, -0.1) is 0 Å². The van der Waals surface area contributed by atoms with E-state index in [1.54, 1.807) is 0 Å². The third-order valence-electron chi connectivity index (χ3n) is 5.67. The van der Waals surface area contributed by atoms with Crippen LogP contribution in [0.15, 0.2) is 0 Å². The molecule has 3 atom stereocenters. The van der Waals surface area contributed by atoms with Crippen LogP contribution in [0.2, 0.25) is 0 Å². The standard InChI is InChI=1S/C17H26N2O4/c20-15-7-13(10-19(15)9-12-1-2-12)16(21)18-14-3-5-23-17(8-14)4-6-22-11-17/h12-14H,1-11H2,(H,18,21)/t13-,14+,17+/m0/s1. The summed E-state index contributed by atoms with van der Waals surface area (Å²) >= 11 is 0. The number of hydrogen-bond donors (Lipinski definition) is 1. The summed E-state index contributed by atoms with van der Waals surface area (Å²) in [5, 5.41) is 3.17. The van der Waals surface area contributed by atoms with E-state index in [9.17, 15) is 9.59 Å². The van der Waals surface area contributed by atoms with Crippen LogP contribution >= 0.6 is 0 Å². The summed E-state index contributed by atoms with van der Waals surface area (Å²) < 4.78 is 11.4. The van der Waals surface area contributed by atoms with E-state index in [0.717, 1.165) is 32.4 Å². The van der Waals surface area contributed by atoms with Crippen molar-refractivity contribution in [2.45, 2.75) is 50.2 Å². The molecule has 1 N–H and O–H groups in total. The maximum absolute atomic E-state index is 12.5. The van der Waals surface area contributed by atoms with Crippen molar-refractivity contribution in [3.8, 4) is 0 Å². The summed E-state index contributed by atoms with van der Waals surface area (Å²) in [5.74, 6) is 0.681. The zero-order valence-corrected chi connectivity index (χ0v) is 13.6. The smallest absolute Gasteiger partial charge is 0.225 e. The number of hydrogen-bond acceptors (Lipinski definition) is 4. The third-order valence-corrected chi connectivity index (χ3v) is 5.67. The van der Waals surface area contributed by atoms with Crippen molar-refractivity contribution in [2.75, 3.05) is 32.9 Å². The van der Waals surface area contributed by atoms with Gasteiger partial charge in [-0.05, 0) is 31.6 Å². The van der Waals surface area contributed by atoms with Gasteiger partial charge in [0.2, 0.25) is 11.8 Å². The summed E-state index contributed by atoms with van der Waals surface area (Å²) in [4.78, 5) is 26.5. The van der Waals surface area contributed by atoms with Crippen LogP contribution in [0, 0.1) is 11.8 Å². The van der Waals surface area contributed by atoms with E-state index in [4.69, 9.17) is 9.47 Å². The highest BCUT2D eigenvalue weighted by Gasteiger charge is 2.43. The lowest BCUT2D eigenvalue weighted by Gasteiger charge is -2.37. The molecule has 1 saturated carbocycles. The lowest BCUT2D eigenvalue weighted by Crippen LogP contribution is -2.50. The number of carbonyl (C=O) groups excluding carboxylic acids is 2. The van der Waals surface area contributed by atoms with E-state index < -0.39 is 0 Å². The van der Waals surface area contributed by atoms with E-state index >= 15 is 0 Å². The molecule has 4 rings (SSSR count). The van der Waals surface area contributed by atoms with Gasteiger partial charge in [0.15, 0.2) is 0 Å². The quantitative estimate of drug-likeness (QED) is 0.827. The van der Waals surface area contributed by atoms with Gasteiger partial charge in [0, 0.05) is 45.2 Å². The van der Waals surface area contributed by atoms with Gasteiger partial charge in [-0.3, -0.25) is 9.59 Å². The van der Waals surface area contributed by atoms with E-state index in [0.29, 0.717) is 32.1 Å². The van der Waals surface area contributed by atoms with E-state index in [-0.39, 0.29) is 29.4 Å². The molecule has 0 bridgehead atoms. The van der Waals surface area contributed by atoms with Gasteiger partial charge in [0.1, 0.15) is 0 Å². The van der Waals surface area contributed by atoms with Gasteiger partial charge >= 0.3 is 0 Å². The maximum Gasteiger partial charge on any atom is 0.225 e. The number of rotatable bonds is 4. The molecule has 4 fully saturated rings. The molecule has 6 heteroatoms. The van der Waals surface area contributed by atoms with Crippen molar-refractivity contribution >= 4 is 11.8 Å². The molecule has 3 aliphatic heterocycles. The molecular weight excluding hydrogens is 296 g/mol. The van der Waals surface area contributed by atoms with Gasteiger partial charge in [0.05, 0.1) is 18.1 Å². The second-order valence-corrected chi connectivity index (χ2v) is 7.68. The fourth-order valence-electron chi connectivity index (χ4n) is 4.07. The summed E-state index contributed by atoms with van der Waals surface area (Å²) in [7, 11) is 0. The van der Waals surface area contributed by atoms with Gasteiger partial charge in [-0.1, -0.05) is 0 Å². The SMILES string of the molecule is O=C(N[C@@H]1CCO[C@]2(CCOC2)C1)[C@H]1CC(=O)N(CC2CC2)C1. The number of likely N-dealkylation sites (tertiary alicyclic amines) is 1. The Morgan fingerprint density at radius 3 is 2.91 bits per heavy atom. The van der Waals surface area contributed by atoms with Crippen LogP contribution in [0.1, 0.15) is 38.5 Å². The fraction of sp³-hybridized carbons (Fsp3) is 0.882. The summed E-state index contributed by atoms with van der Waals surface area (Å²) in [6.07, 6.45) is 5.41. The zero-order chi connectivity index (χ0) is 15.9. The van der Waals surface area contributed by atoms with E-state index in [1.165, 1.54) is 12.8 Å². The van der Waals surface area contributed by atoms with E-state index in [2.05, 4.69) is 5.32 Å². The first-order valence-corrected chi connectivity index (χ1v) is 8.93. The van der Waals surface area contributed by atoms with Crippen LogP contribution in [-0.2, 0) is 19.1 Å². The maximum atomic E-state index is 12.5. The Labute approximate surface area is 136 Å². The average Bonchev–Trinajstić information content (AvgIpc) is 3.12. The minimum Gasteiger partial charge on any atom is -0.378 e. The molecule has 4 aliphatic rings. The first-order chi connectivity index (χ1) is 11.1. The first kappa shape index (κ1) is 15.4. The molecule has 128 valence electrons. The van der Waals surface area contributed by atoms with Crippen molar-refractivity contribution < 1.29 is 19.1 Å². The van der Waals surface area contributed by atoms with Gasteiger partial charge < -0.3 is 19.7 Å². The van der Waals surface area contributed by atoms with Crippen LogP contribution in [0.3, 0.4) is 0 Å². The van der Waals surface area contributed by atoms with Gasteiger partial charge in [-0.2, -0.15) is 0 Å².